The molecular formula is C15H10Cl2N4O2. The van der Waals surface area contributed by atoms with E-state index in [1.54, 1.807) is 34.9 Å². The van der Waals surface area contributed by atoms with Crippen molar-refractivity contribution < 1.29 is 9.90 Å². The number of rotatable bonds is 3. The minimum atomic E-state index is -1.19. The van der Waals surface area contributed by atoms with Gasteiger partial charge in [-0.3, -0.25) is 4.40 Å². The van der Waals surface area contributed by atoms with Crippen molar-refractivity contribution >= 4 is 46.3 Å². The van der Waals surface area contributed by atoms with E-state index in [9.17, 15) is 9.90 Å². The Hall–Kier alpha value is -2.44. The number of aryl methyl sites for hydroxylation is 1. The van der Waals surface area contributed by atoms with Crippen molar-refractivity contribution in [3.63, 3.8) is 0 Å². The van der Waals surface area contributed by atoms with Crippen molar-refractivity contribution in [1.29, 1.82) is 0 Å². The lowest BCUT2D eigenvalue weighted by atomic mass is 10.3. The van der Waals surface area contributed by atoms with Crippen LogP contribution in [0.1, 0.15) is 16.1 Å². The van der Waals surface area contributed by atoms with Crippen LogP contribution in [0.15, 0.2) is 46.8 Å². The predicted molar refractivity (Wildman–Crippen MR) is 87.5 cm³/mol. The summed E-state index contributed by atoms with van der Waals surface area (Å²) < 4.78 is 1.56. The molecule has 0 amide bonds. The summed E-state index contributed by atoms with van der Waals surface area (Å²) in [5.74, 6) is -1.09. The lowest BCUT2D eigenvalue weighted by Crippen LogP contribution is -1.96. The van der Waals surface area contributed by atoms with E-state index >= 15 is 0 Å². The molecule has 0 spiro atoms. The summed E-state index contributed by atoms with van der Waals surface area (Å²) in [4.78, 5) is 15.4. The lowest BCUT2D eigenvalue weighted by Gasteiger charge is -2.00. The second-order valence-electron chi connectivity index (χ2n) is 4.79. The molecule has 0 aliphatic heterocycles. The Labute approximate surface area is 141 Å². The normalized spacial score (nSPS) is 11.4. The summed E-state index contributed by atoms with van der Waals surface area (Å²) in [6, 6.07) is 8.48. The monoisotopic (exact) mass is 348 g/mol. The van der Waals surface area contributed by atoms with Gasteiger partial charge in [0.25, 0.3) is 0 Å². The standard InChI is InChI=1S/C15H10Cl2N4O2/c1-8-5-6-11-18-13(15(22)23)14(21(11)7-8)20-19-12-9(16)3-2-4-10(12)17/h2-7H,1H3,(H,22,23). The molecule has 0 bridgehead atoms. The van der Waals surface area contributed by atoms with Crippen LogP contribution in [0.5, 0.6) is 0 Å². The molecule has 8 heteroatoms. The van der Waals surface area contributed by atoms with Crippen LogP contribution in [0.4, 0.5) is 11.5 Å². The highest BCUT2D eigenvalue weighted by Crippen LogP contribution is 2.34. The zero-order valence-corrected chi connectivity index (χ0v) is 13.4. The van der Waals surface area contributed by atoms with Crippen LogP contribution in [0.25, 0.3) is 5.65 Å². The number of halogens is 2. The molecule has 0 saturated carbocycles. The molecule has 3 aromatic rings. The molecule has 0 aliphatic rings. The number of carbonyl (C=O) groups is 1. The van der Waals surface area contributed by atoms with Crippen LogP contribution in [0.2, 0.25) is 10.0 Å². The Bertz CT molecular complexity index is 930. The van der Waals surface area contributed by atoms with Crippen molar-refractivity contribution in [2.75, 3.05) is 0 Å². The van der Waals surface area contributed by atoms with E-state index in [0.29, 0.717) is 15.7 Å². The first-order valence-corrected chi connectivity index (χ1v) is 7.30. The molecule has 6 nitrogen and oxygen atoms in total. The van der Waals surface area contributed by atoms with E-state index in [-0.39, 0.29) is 17.2 Å². The van der Waals surface area contributed by atoms with Gasteiger partial charge in [0.1, 0.15) is 11.3 Å². The highest BCUT2D eigenvalue weighted by atomic mass is 35.5. The number of hydrogen-bond donors (Lipinski definition) is 1. The smallest absolute Gasteiger partial charge is 0.358 e. The summed E-state index contributed by atoms with van der Waals surface area (Å²) >= 11 is 12.1. The van der Waals surface area contributed by atoms with Gasteiger partial charge in [-0.1, -0.05) is 35.3 Å². The third kappa shape index (κ3) is 2.91. The third-order valence-electron chi connectivity index (χ3n) is 3.13. The number of carboxylic acids is 1. The number of hydrogen-bond acceptors (Lipinski definition) is 4. The van der Waals surface area contributed by atoms with Crippen LogP contribution >= 0.6 is 23.2 Å². The summed E-state index contributed by atoms with van der Waals surface area (Å²) in [5, 5.41) is 18.0. The lowest BCUT2D eigenvalue weighted by molar-refractivity contribution is 0.0692. The fourth-order valence-electron chi connectivity index (χ4n) is 2.06. The predicted octanol–water partition coefficient (Wildman–Crippen LogP) is 5.06. The SMILES string of the molecule is Cc1ccc2nc(C(=O)O)c(N=Nc3c(Cl)cccc3Cl)n2c1. The molecule has 0 aliphatic carbocycles. The number of aromatic carboxylic acids is 1. The van der Waals surface area contributed by atoms with Crippen LogP contribution in [0, 0.1) is 6.92 Å². The Morgan fingerprint density at radius 3 is 2.52 bits per heavy atom. The first-order valence-electron chi connectivity index (χ1n) is 6.55. The van der Waals surface area contributed by atoms with Crippen LogP contribution in [0.3, 0.4) is 0 Å². The average Bonchev–Trinajstić information content (AvgIpc) is 2.85. The van der Waals surface area contributed by atoms with E-state index in [1.165, 1.54) is 0 Å². The van der Waals surface area contributed by atoms with Gasteiger partial charge in [0.2, 0.25) is 0 Å². The molecule has 1 N–H and O–H groups in total. The Balaban J connectivity index is 2.19. The maximum Gasteiger partial charge on any atom is 0.358 e. The summed E-state index contributed by atoms with van der Waals surface area (Å²) in [6.07, 6.45) is 1.73. The molecule has 1 aromatic carbocycles. The highest BCUT2D eigenvalue weighted by Gasteiger charge is 2.18. The van der Waals surface area contributed by atoms with Crippen LogP contribution in [-0.4, -0.2) is 20.5 Å². The van der Waals surface area contributed by atoms with E-state index in [2.05, 4.69) is 15.2 Å². The molecule has 3 rings (SSSR count). The average molecular weight is 349 g/mol. The van der Waals surface area contributed by atoms with Gasteiger partial charge in [-0.2, -0.15) is 0 Å². The number of azo groups is 1. The quantitative estimate of drug-likeness (QED) is 0.671. The number of nitrogens with zero attached hydrogens (tertiary/aromatic N) is 4. The largest absolute Gasteiger partial charge is 0.476 e. The van der Waals surface area contributed by atoms with Crippen LogP contribution < -0.4 is 0 Å². The molecule has 0 radical (unpaired) electrons. The number of imidazole rings is 1. The van der Waals surface area contributed by atoms with Crippen molar-refractivity contribution in [2.24, 2.45) is 10.2 Å². The molecular weight excluding hydrogens is 339 g/mol. The fourth-order valence-corrected chi connectivity index (χ4v) is 2.53. The van der Waals surface area contributed by atoms with Gasteiger partial charge in [-0.05, 0) is 30.7 Å². The van der Waals surface area contributed by atoms with Crippen molar-refractivity contribution in [1.82, 2.24) is 9.38 Å². The molecule has 0 saturated heterocycles. The Morgan fingerprint density at radius 1 is 1.17 bits per heavy atom. The van der Waals surface area contributed by atoms with Crippen molar-refractivity contribution in [3.05, 3.63) is 57.8 Å². The van der Waals surface area contributed by atoms with Gasteiger partial charge in [0, 0.05) is 6.20 Å². The maximum absolute atomic E-state index is 11.4. The number of benzene rings is 1. The molecule has 0 atom stereocenters. The Kier molecular flexibility index (Phi) is 4.02. The summed E-state index contributed by atoms with van der Waals surface area (Å²) in [6.45, 7) is 1.88. The number of carboxylic acid groups (broad SMARTS) is 1. The van der Waals surface area contributed by atoms with Gasteiger partial charge in [-0.15, -0.1) is 10.2 Å². The molecule has 0 fully saturated rings. The molecule has 23 heavy (non-hydrogen) atoms. The van der Waals surface area contributed by atoms with Crippen LogP contribution in [-0.2, 0) is 0 Å². The number of aromatic nitrogens is 2. The van der Waals surface area contributed by atoms with E-state index in [4.69, 9.17) is 23.2 Å². The summed E-state index contributed by atoms with van der Waals surface area (Å²) in [7, 11) is 0. The van der Waals surface area contributed by atoms with Gasteiger partial charge in [-0.25, -0.2) is 9.78 Å². The van der Waals surface area contributed by atoms with Crippen molar-refractivity contribution in [2.45, 2.75) is 6.92 Å². The zero-order valence-electron chi connectivity index (χ0n) is 11.9. The van der Waals surface area contributed by atoms with Gasteiger partial charge < -0.3 is 5.11 Å². The Morgan fingerprint density at radius 2 is 1.87 bits per heavy atom. The number of fused-ring (bicyclic) bond motifs is 1. The second kappa shape index (κ2) is 5.98. The molecule has 0 unspecified atom stereocenters. The maximum atomic E-state index is 11.4. The van der Waals surface area contributed by atoms with E-state index in [0.717, 1.165) is 5.56 Å². The minimum Gasteiger partial charge on any atom is -0.476 e. The summed E-state index contributed by atoms with van der Waals surface area (Å²) in [5.41, 5.74) is 1.48. The first-order chi connectivity index (χ1) is 11.0. The van der Waals surface area contributed by atoms with Gasteiger partial charge in [0.15, 0.2) is 11.5 Å². The van der Waals surface area contributed by atoms with Gasteiger partial charge in [0.05, 0.1) is 10.0 Å². The second-order valence-corrected chi connectivity index (χ2v) is 5.61. The fraction of sp³-hybridized carbons (Fsp3) is 0.0667. The molecule has 116 valence electrons. The van der Waals surface area contributed by atoms with E-state index in [1.807, 2.05) is 13.0 Å². The van der Waals surface area contributed by atoms with Crippen molar-refractivity contribution in [3.8, 4) is 0 Å². The van der Waals surface area contributed by atoms with E-state index < -0.39 is 5.97 Å². The molecule has 2 aromatic heterocycles. The third-order valence-corrected chi connectivity index (χ3v) is 3.74. The first kappa shape index (κ1) is 15.5. The zero-order chi connectivity index (χ0) is 16.6. The minimum absolute atomic E-state index is 0.104. The molecule has 2 heterocycles. The number of pyridine rings is 1. The topological polar surface area (TPSA) is 79.3 Å². The van der Waals surface area contributed by atoms with Gasteiger partial charge >= 0.3 is 5.97 Å². The highest BCUT2D eigenvalue weighted by molar-refractivity contribution is 6.38.